The van der Waals surface area contributed by atoms with Crippen molar-refractivity contribution < 1.29 is 9.59 Å². The van der Waals surface area contributed by atoms with Crippen molar-refractivity contribution in [1.82, 2.24) is 9.80 Å². The van der Waals surface area contributed by atoms with Crippen LogP contribution < -0.4 is 5.73 Å². The van der Waals surface area contributed by atoms with Crippen molar-refractivity contribution >= 4 is 29.0 Å². The Morgan fingerprint density at radius 1 is 1.53 bits per heavy atom. The van der Waals surface area contributed by atoms with Gasteiger partial charge in [0.2, 0.25) is 11.8 Å². The lowest BCUT2D eigenvalue weighted by Gasteiger charge is -2.31. The average Bonchev–Trinajstić information content (AvgIpc) is 2.37. The van der Waals surface area contributed by atoms with Crippen LogP contribution in [0.5, 0.6) is 0 Å². The number of hydrogen-bond donors (Lipinski definition) is 1. The number of carbonyl (C=O) groups excluding carboxylic acids is 2. The van der Waals surface area contributed by atoms with Gasteiger partial charge in [0.25, 0.3) is 0 Å². The second kappa shape index (κ2) is 7.43. The summed E-state index contributed by atoms with van der Waals surface area (Å²) in [6.45, 7) is 3.77. The second-order valence-corrected chi connectivity index (χ2v) is 5.67. The van der Waals surface area contributed by atoms with Gasteiger partial charge < -0.3 is 15.5 Å². The minimum absolute atomic E-state index is 0.0299. The van der Waals surface area contributed by atoms with Gasteiger partial charge in [0.05, 0.1) is 4.99 Å². The quantitative estimate of drug-likeness (QED) is 0.732. The highest BCUT2D eigenvalue weighted by molar-refractivity contribution is 7.80. The molecular formula is C13H23N3O2S. The third kappa shape index (κ3) is 5.14. The highest BCUT2D eigenvalue weighted by Crippen LogP contribution is 2.17. The molecular weight excluding hydrogens is 262 g/mol. The molecule has 1 rings (SSSR count). The molecule has 1 atom stereocenters. The minimum atomic E-state index is 0.0299. The fourth-order valence-corrected chi connectivity index (χ4v) is 2.27. The molecule has 1 aliphatic rings. The summed E-state index contributed by atoms with van der Waals surface area (Å²) in [6, 6.07) is 0. The highest BCUT2D eigenvalue weighted by Gasteiger charge is 2.25. The Morgan fingerprint density at radius 2 is 2.21 bits per heavy atom. The van der Waals surface area contributed by atoms with Crippen LogP contribution in [0, 0.1) is 5.92 Å². The maximum atomic E-state index is 11.9. The Bertz CT molecular complexity index is 360. The molecule has 1 heterocycles. The van der Waals surface area contributed by atoms with E-state index in [1.807, 2.05) is 6.92 Å². The molecule has 19 heavy (non-hydrogen) atoms. The van der Waals surface area contributed by atoms with E-state index in [4.69, 9.17) is 18.0 Å². The van der Waals surface area contributed by atoms with Crippen LogP contribution in [-0.2, 0) is 9.59 Å². The van der Waals surface area contributed by atoms with Crippen LogP contribution in [0.15, 0.2) is 0 Å². The third-order valence-corrected chi connectivity index (χ3v) is 3.72. The van der Waals surface area contributed by atoms with Crippen LogP contribution in [0.4, 0.5) is 0 Å². The molecule has 6 heteroatoms. The summed E-state index contributed by atoms with van der Waals surface area (Å²) in [6.07, 6.45) is 2.89. The van der Waals surface area contributed by atoms with Gasteiger partial charge >= 0.3 is 0 Å². The van der Waals surface area contributed by atoms with E-state index >= 15 is 0 Å². The Morgan fingerprint density at radius 3 is 2.84 bits per heavy atom. The fourth-order valence-electron chi connectivity index (χ4n) is 2.18. The highest BCUT2D eigenvalue weighted by atomic mass is 32.1. The van der Waals surface area contributed by atoms with Gasteiger partial charge in [-0.15, -0.1) is 0 Å². The zero-order valence-electron chi connectivity index (χ0n) is 11.7. The topological polar surface area (TPSA) is 66.6 Å². The van der Waals surface area contributed by atoms with Gasteiger partial charge in [-0.3, -0.25) is 9.59 Å². The SMILES string of the molecule is CC1CCCN(CCC(=O)N(C)CCC(N)=S)C1=O. The number of piperidine rings is 1. The van der Waals surface area contributed by atoms with E-state index in [2.05, 4.69) is 0 Å². The zero-order chi connectivity index (χ0) is 14.4. The molecule has 1 aliphatic heterocycles. The van der Waals surface area contributed by atoms with E-state index in [1.54, 1.807) is 16.8 Å². The first kappa shape index (κ1) is 15.9. The molecule has 1 unspecified atom stereocenters. The van der Waals surface area contributed by atoms with E-state index in [-0.39, 0.29) is 17.7 Å². The van der Waals surface area contributed by atoms with Gasteiger partial charge in [-0.25, -0.2) is 0 Å². The van der Waals surface area contributed by atoms with Gasteiger partial charge in [0.15, 0.2) is 0 Å². The number of nitrogens with two attached hydrogens (primary N) is 1. The predicted octanol–water partition coefficient (Wildman–Crippen LogP) is 0.770. The van der Waals surface area contributed by atoms with Crippen LogP contribution in [0.3, 0.4) is 0 Å². The summed E-state index contributed by atoms with van der Waals surface area (Å²) in [4.78, 5) is 27.6. The molecule has 0 radical (unpaired) electrons. The smallest absolute Gasteiger partial charge is 0.225 e. The van der Waals surface area contributed by atoms with Gasteiger partial charge in [0.1, 0.15) is 0 Å². The lowest BCUT2D eigenvalue weighted by Crippen LogP contribution is -2.42. The molecule has 0 aromatic carbocycles. The normalized spacial score (nSPS) is 19.4. The Kier molecular flexibility index (Phi) is 6.21. The number of likely N-dealkylation sites (tertiary alicyclic amines) is 1. The van der Waals surface area contributed by atoms with Crippen LogP contribution in [0.2, 0.25) is 0 Å². The molecule has 1 fully saturated rings. The molecule has 108 valence electrons. The van der Waals surface area contributed by atoms with Crippen molar-refractivity contribution in [1.29, 1.82) is 0 Å². The number of amides is 2. The van der Waals surface area contributed by atoms with Crippen LogP contribution in [0.25, 0.3) is 0 Å². The lowest BCUT2D eigenvalue weighted by molar-refractivity contribution is -0.138. The molecule has 0 spiro atoms. The maximum Gasteiger partial charge on any atom is 0.225 e. The Balaban J connectivity index is 2.33. The third-order valence-electron chi connectivity index (χ3n) is 3.51. The molecule has 0 aliphatic carbocycles. The fraction of sp³-hybridized carbons (Fsp3) is 0.769. The summed E-state index contributed by atoms with van der Waals surface area (Å²) in [5.41, 5.74) is 5.41. The van der Waals surface area contributed by atoms with Crippen molar-refractivity contribution in [2.45, 2.75) is 32.6 Å². The second-order valence-electron chi connectivity index (χ2n) is 5.15. The van der Waals surface area contributed by atoms with Crippen molar-refractivity contribution in [2.75, 3.05) is 26.7 Å². The van der Waals surface area contributed by atoms with Crippen LogP contribution in [-0.4, -0.2) is 53.3 Å². The molecule has 0 bridgehead atoms. The molecule has 0 aromatic heterocycles. The van der Waals surface area contributed by atoms with E-state index in [9.17, 15) is 9.59 Å². The number of hydrogen-bond acceptors (Lipinski definition) is 3. The van der Waals surface area contributed by atoms with E-state index in [0.29, 0.717) is 30.9 Å². The van der Waals surface area contributed by atoms with Crippen molar-refractivity contribution in [2.24, 2.45) is 11.7 Å². The first-order chi connectivity index (χ1) is 8.91. The van der Waals surface area contributed by atoms with E-state index in [0.717, 1.165) is 19.4 Å². The van der Waals surface area contributed by atoms with Crippen molar-refractivity contribution in [3.63, 3.8) is 0 Å². The summed E-state index contributed by atoms with van der Waals surface area (Å²) in [5, 5.41) is 0. The summed E-state index contributed by atoms with van der Waals surface area (Å²) < 4.78 is 0. The first-order valence-electron chi connectivity index (χ1n) is 6.73. The summed E-state index contributed by atoms with van der Waals surface area (Å²) in [5.74, 6) is 0.295. The molecule has 1 saturated heterocycles. The molecule has 2 N–H and O–H groups in total. The van der Waals surface area contributed by atoms with Crippen molar-refractivity contribution in [3.05, 3.63) is 0 Å². The zero-order valence-corrected chi connectivity index (χ0v) is 12.5. The van der Waals surface area contributed by atoms with Gasteiger partial charge in [0, 0.05) is 45.4 Å². The number of thiocarbonyl (C=S) groups is 1. The van der Waals surface area contributed by atoms with Gasteiger partial charge in [-0.05, 0) is 12.8 Å². The molecule has 0 saturated carbocycles. The van der Waals surface area contributed by atoms with E-state index in [1.165, 1.54) is 0 Å². The molecule has 0 aromatic rings. The van der Waals surface area contributed by atoms with Gasteiger partial charge in [-0.2, -0.15) is 0 Å². The van der Waals surface area contributed by atoms with Crippen LogP contribution >= 0.6 is 12.2 Å². The monoisotopic (exact) mass is 285 g/mol. The molecule has 5 nitrogen and oxygen atoms in total. The largest absolute Gasteiger partial charge is 0.393 e. The minimum Gasteiger partial charge on any atom is -0.393 e. The van der Waals surface area contributed by atoms with Crippen LogP contribution in [0.1, 0.15) is 32.6 Å². The average molecular weight is 285 g/mol. The molecule has 2 amide bonds. The lowest BCUT2D eigenvalue weighted by atomic mass is 9.99. The number of nitrogens with zero attached hydrogens (tertiary/aromatic N) is 2. The maximum absolute atomic E-state index is 11.9. The van der Waals surface area contributed by atoms with Crippen molar-refractivity contribution in [3.8, 4) is 0 Å². The summed E-state index contributed by atoms with van der Waals surface area (Å²) >= 11 is 4.78. The summed E-state index contributed by atoms with van der Waals surface area (Å²) in [7, 11) is 1.74. The first-order valence-corrected chi connectivity index (χ1v) is 7.13. The standard InChI is InChI=1S/C13H23N3O2S/c1-10-4-3-7-16(13(10)18)9-6-12(17)15(2)8-5-11(14)19/h10H,3-9H2,1-2H3,(H2,14,19). The van der Waals surface area contributed by atoms with E-state index < -0.39 is 0 Å². The predicted molar refractivity (Wildman–Crippen MR) is 78.6 cm³/mol. The Hall–Kier alpha value is -1.17. The Labute approximate surface area is 120 Å². The number of rotatable bonds is 6. The number of carbonyl (C=O) groups is 2. The van der Waals surface area contributed by atoms with Gasteiger partial charge in [-0.1, -0.05) is 19.1 Å².